The summed E-state index contributed by atoms with van der Waals surface area (Å²) in [4.78, 5) is 6.71. The molecule has 7 heteroatoms. The minimum atomic E-state index is 0.216. The number of halogens is 1. The molecule has 1 aromatic carbocycles. The number of guanidine groups is 1. The standard InChI is InChI=1S/C18H29ClN4O2/c1-3-24-10-7-21-18(20-2)22-14-17(23-8-11-25-12-9-23)15-5-4-6-16(19)13-15/h4-6,13,17H,3,7-12,14H2,1-2H3,(H2,20,21,22). The summed E-state index contributed by atoms with van der Waals surface area (Å²) in [5.41, 5.74) is 1.20. The van der Waals surface area contributed by atoms with Gasteiger partial charge in [0, 0.05) is 44.9 Å². The van der Waals surface area contributed by atoms with Gasteiger partial charge in [0.25, 0.3) is 0 Å². The van der Waals surface area contributed by atoms with Gasteiger partial charge in [0.15, 0.2) is 5.96 Å². The highest BCUT2D eigenvalue weighted by Gasteiger charge is 2.23. The summed E-state index contributed by atoms with van der Waals surface area (Å²) in [7, 11) is 1.78. The van der Waals surface area contributed by atoms with E-state index in [1.807, 2.05) is 25.1 Å². The van der Waals surface area contributed by atoms with Gasteiger partial charge in [-0.05, 0) is 24.6 Å². The van der Waals surface area contributed by atoms with Gasteiger partial charge in [0.05, 0.1) is 25.9 Å². The number of benzene rings is 1. The van der Waals surface area contributed by atoms with E-state index in [1.165, 1.54) is 5.56 Å². The van der Waals surface area contributed by atoms with Crippen LogP contribution >= 0.6 is 11.6 Å². The molecule has 0 bridgehead atoms. The molecule has 25 heavy (non-hydrogen) atoms. The van der Waals surface area contributed by atoms with Gasteiger partial charge in [0.2, 0.25) is 0 Å². The largest absolute Gasteiger partial charge is 0.380 e. The number of nitrogens with one attached hydrogen (secondary N) is 2. The first-order valence-corrected chi connectivity index (χ1v) is 9.22. The van der Waals surface area contributed by atoms with Crippen molar-refractivity contribution in [3.63, 3.8) is 0 Å². The van der Waals surface area contributed by atoms with E-state index in [0.29, 0.717) is 6.61 Å². The molecule has 2 rings (SSSR count). The molecule has 0 amide bonds. The Morgan fingerprint density at radius 1 is 1.36 bits per heavy atom. The van der Waals surface area contributed by atoms with E-state index in [4.69, 9.17) is 21.1 Å². The van der Waals surface area contributed by atoms with Gasteiger partial charge in [-0.1, -0.05) is 23.7 Å². The van der Waals surface area contributed by atoms with Gasteiger partial charge in [-0.25, -0.2) is 0 Å². The smallest absolute Gasteiger partial charge is 0.191 e. The average molecular weight is 369 g/mol. The van der Waals surface area contributed by atoms with Crippen LogP contribution in [-0.4, -0.2) is 70.5 Å². The Labute approximate surface area is 155 Å². The summed E-state index contributed by atoms with van der Waals surface area (Å²) in [5.74, 6) is 0.778. The molecule has 1 aliphatic rings. The minimum Gasteiger partial charge on any atom is -0.380 e. The van der Waals surface area contributed by atoms with Crippen LogP contribution in [0.2, 0.25) is 5.02 Å². The zero-order valence-electron chi connectivity index (χ0n) is 15.1. The predicted octanol–water partition coefficient (Wildman–Crippen LogP) is 1.91. The number of morpholine rings is 1. The molecule has 140 valence electrons. The summed E-state index contributed by atoms with van der Waals surface area (Å²) >= 11 is 6.20. The highest BCUT2D eigenvalue weighted by molar-refractivity contribution is 6.30. The molecule has 1 heterocycles. The van der Waals surface area contributed by atoms with Crippen molar-refractivity contribution in [1.82, 2.24) is 15.5 Å². The summed E-state index contributed by atoms with van der Waals surface area (Å²) in [6, 6.07) is 8.28. The Kier molecular flexibility index (Phi) is 9.04. The fraction of sp³-hybridized carbons (Fsp3) is 0.611. The van der Waals surface area contributed by atoms with Crippen LogP contribution in [0.1, 0.15) is 18.5 Å². The Morgan fingerprint density at radius 3 is 2.84 bits per heavy atom. The van der Waals surface area contributed by atoms with Crippen molar-refractivity contribution in [2.75, 3.05) is 59.7 Å². The molecule has 1 aliphatic heterocycles. The Bertz CT molecular complexity index is 536. The quantitative estimate of drug-likeness (QED) is 0.417. The van der Waals surface area contributed by atoms with Crippen molar-refractivity contribution in [3.05, 3.63) is 34.9 Å². The number of nitrogens with zero attached hydrogens (tertiary/aromatic N) is 2. The second-order valence-corrected chi connectivity index (χ2v) is 6.23. The first kappa shape index (κ1) is 20.0. The van der Waals surface area contributed by atoms with Crippen molar-refractivity contribution in [2.45, 2.75) is 13.0 Å². The van der Waals surface area contributed by atoms with Crippen LogP contribution in [0, 0.1) is 0 Å². The van der Waals surface area contributed by atoms with E-state index in [2.05, 4.69) is 26.6 Å². The molecule has 0 saturated carbocycles. The maximum Gasteiger partial charge on any atom is 0.191 e. The van der Waals surface area contributed by atoms with Crippen molar-refractivity contribution in [2.24, 2.45) is 4.99 Å². The summed E-state index contributed by atoms with van der Waals surface area (Å²) in [6.45, 7) is 8.20. The van der Waals surface area contributed by atoms with E-state index in [9.17, 15) is 0 Å². The van der Waals surface area contributed by atoms with E-state index in [1.54, 1.807) is 7.05 Å². The third kappa shape index (κ3) is 6.82. The van der Waals surface area contributed by atoms with E-state index >= 15 is 0 Å². The molecule has 1 saturated heterocycles. The number of hydrogen-bond acceptors (Lipinski definition) is 4. The molecular weight excluding hydrogens is 340 g/mol. The summed E-state index contributed by atoms with van der Waals surface area (Å²) < 4.78 is 10.8. The van der Waals surface area contributed by atoms with Gasteiger partial charge in [-0.3, -0.25) is 9.89 Å². The lowest BCUT2D eigenvalue weighted by Gasteiger charge is -2.35. The van der Waals surface area contributed by atoms with Crippen LogP contribution in [-0.2, 0) is 9.47 Å². The Balaban J connectivity index is 1.97. The Hall–Kier alpha value is -1.34. The highest BCUT2D eigenvalue weighted by atomic mass is 35.5. The molecule has 0 spiro atoms. The molecule has 0 radical (unpaired) electrons. The van der Waals surface area contributed by atoms with Crippen LogP contribution < -0.4 is 10.6 Å². The Morgan fingerprint density at radius 2 is 2.16 bits per heavy atom. The molecule has 6 nitrogen and oxygen atoms in total. The molecule has 1 atom stereocenters. The molecule has 1 aromatic rings. The predicted molar refractivity (Wildman–Crippen MR) is 102 cm³/mol. The lowest BCUT2D eigenvalue weighted by atomic mass is 10.0. The van der Waals surface area contributed by atoms with E-state index in [0.717, 1.165) is 57.0 Å². The normalized spacial score (nSPS) is 17.3. The number of ether oxygens (including phenoxy) is 2. The molecule has 0 aromatic heterocycles. The minimum absolute atomic E-state index is 0.216. The maximum absolute atomic E-state index is 6.20. The van der Waals surface area contributed by atoms with Crippen molar-refractivity contribution >= 4 is 17.6 Å². The van der Waals surface area contributed by atoms with Gasteiger partial charge in [0.1, 0.15) is 0 Å². The molecule has 2 N–H and O–H groups in total. The maximum atomic E-state index is 6.20. The van der Waals surface area contributed by atoms with Crippen molar-refractivity contribution in [1.29, 1.82) is 0 Å². The zero-order valence-corrected chi connectivity index (χ0v) is 15.9. The van der Waals surface area contributed by atoms with Crippen molar-refractivity contribution in [3.8, 4) is 0 Å². The van der Waals surface area contributed by atoms with Gasteiger partial charge < -0.3 is 20.1 Å². The lowest BCUT2D eigenvalue weighted by molar-refractivity contribution is 0.0170. The number of hydrogen-bond donors (Lipinski definition) is 2. The molecule has 0 aliphatic carbocycles. The van der Waals surface area contributed by atoms with Crippen LogP contribution in [0.25, 0.3) is 0 Å². The van der Waals surface area contributed by atoms with Gasteiger partial charge in [-0.15, -0.1) is 0 Å². The van der Waals surface area contributed by atoms with Gasteiger partial charge in [-0.2, -0.15) is 0 Å². The molecular formula is C18H29ClN4O2. The zero-order chi connectivity index (χ0) is 17.9. The number of aliphatic imine (C=N–C) groups is 1. The van der Waals surface area contributed by atoms with Gasteiger partial charge >= 0.3 is 0 Å². The van der Waals surface area contributed by atoms with E-state index < -0.39 is 0 Å². The number of rotatable bonds is 8. The first-order valence-electron chi connectivity index (χ1n) is 8.84. The van der Waals surface area contributed by atoms with Crippen LogP contribution in [0.3, 0.4) is 0 Å². The molecule has 1 unspecified atom stereocenters. The topological polar surface area (TPSA) is 58.1 Å². The average Bonchev–Trinajstić information content (AvgIpc) is 2.64. The van der Waals surface area contributed by atoms with Crippen LogP contribution in [0.15, 0.2) is 29.3 Å². The van der Waals surface area contributed by atoms with E-state index in [-0.39, 0.29) is 6.04 Å². The fourth-order valence-corrected chi connectivity index (χ4v) is 3.06. The first-order chi connectivity index (χ1) is 12.2. The second-order valence-electron chi connectivity index (χ2n) is 5.80. The summed E-state index contributed by atoms with van der Waals surface area (Å²) in [5, 5.41) is 7.45. The fourth-order valence-electron chi connectivity index (χ4n) is 2.86. The highest BCUT2D eigenvalue weighted by Crippen LogP contribution is 2.23. The molecule has 1 fully saturated rings. The SMILES string of the molecule is CCOCCNC(=NC)NCC(c1cccc(Cl)c1)N1CCOCC1. The monoisotopic (exact) mass is 368 g/mol. The van der Waals surface area contributed by atoms with Crippen molar-refractivity contribution < 1.29 is 9.47 Å². The third-order valence-electron chi connectivity index (χ3n) is 4.15. The van der Waals surface area contributed by atoms with Crippen LogP contribution in [0.4, 0.5) is 0 Å². The summed E-state index contributed by atoms with van der Waals surface area (Å²) in [6.07, 6.45) is 0. The lowest BCUT2D eigenvalue weighted by Crippen LogP contribution is -2.46. The third-order valence-corrected chi connectivity index (χ3v) is 4.38. The second kappa shape index (κ2) is 11.3. The van der Waals surface area contributed by atoms with Crippen LogP contribution in [0.5, 0.6) is 0 Å².